The number of methoxy groups -OCH3 is 1. The van der Waals surface area contributed by atoms with Gasteiger partial charge in [-0.25, -0.2) is 9.78 Å². The lowest BCUT2D eigenvalue weighted by atomic mass is 10.0. The zero-order chi connectivity index (χ0) is 15.1. The fraction of sp³-hybridized carbons (Fsp3) is 0.267. The second kappa shape index (κ2) is 5.10. The largest absolute Gasteiger partial charge is 0.465 e. The number of carbonyl (C=O) groups is 1. The number of H-pyrrole nitrogens is 1. The molecule has 1 N–H and O–H groups in total. The predicted octanol–water partition coefficient (Wildman–Crippen LogP) is 2.37. The van der Waals surface area contributed by atoms with Crippen molar-refractivity contribution in [3.05, 3.63) is 41.3 Å². The molecule has 3 aromatic rings. The summed E-state index contributed by atoms with van der Waals surface area (Å²) in [6.07, 6.45) is 2.51. The highest BCUT2D eigenvalue weighted by molar-refractivity contribution is 7.09. The van der Waals surface area contributed by atoms with Crippen LogP contribution in [-0.2, 0) is 17.7 Å². The van der Waals surface area contributed by atoms with Gasteiger partial charge >= 0.3 is 5.97 Å². The molecule has 1 aliphatic heterocycles. The topological polar surface area (TPSA) is 71.1 Å². The van der Waals surface area contributed by atoms with Crippen molar-refractivity contribution in [2.24, 2.45) is 0 Å². The van der Waals surface area contributed by atoms with E-state index in [1.54, 1.807) is 12.4 Å². The maximum absolute atomic E-state index is 11.7. The third-order valence-corrected chi connectivity index (χ3v) is 4.74. The van der Waals surface area contributed by atoms with Crippen molar-refractivity contribution in [2.75, 3.05) is 18.6 Å². The molecule has 1 aliphatic rings. The van der Waals surface area contributed by atoms with Gasteiger partial charge in [0.25, 0.3) is 0 Å². The van der Waals surface area contributed by atoms with Gasteiger partial charge < -0.3 is 14.6 Å². The Morgan fingerprint density at radius 3 is 3.14 bits per heavy atom. The van der Waals surface area contributed by atoms with Crippen molar-refractivity contribution in [2.45, 2.75) is 13.0 Å². The van der Waals surface area contributed by atoms with Gasteiger partial charge in [0.1, 0.15) is 6.33 Å². The summed E-state index contributed by atoms with van der Waals surface area (Å²) in [4.78, 5) is 21.7. The number of ether oxygens (including phenoxy) is 1. The first-order valence-corrected chi connectivity index (χ1v) is 7.77. The highest BCUT2D eigenvalue weighted by atomic mass is 32.1. The number of fused-ring (bicyclic) bond motifs is 3. The monoisotopic (exact) mass is 314 g/mol. The van der Waals surface area contributed by atoms with Crippen molar-refractivity contribution in [1.29, 1.82) is 0 Å². The van der Waals surface area contributed by atoms with Crippen LogP contribution in [0.15, 0.2) is 24.5 Å². The van der Waals surface area contributed by atoms with Crippen LogP contribution in [-0.4, -0.2) is 34.0 Å². The van der Waals surface area contributed by atoms with E-state index in [0.29, 0.717) is 5.56 Å². The maximum Gasteiger partial charge on any atom is 0.337 e. The van der Waals surface area contributed by atoms with E-state index < -0.39 is 0 Å². The average Bonchev–Trinajstić information content (AvgIpc) is 3.20. The summed E-state index contributed by atoms with van der Waals surface area (Å²) in [5, 5.41) is 2.01. The van der Waals surface area contributed by atoms with Gasteiger partial charge in [0.05, 0.1) is 12.7 Å². The van der Waals surface area contributed by atoms with Crippen molar-refractivity contribution >= 4 is 33.5 Å². The van der Waals surface area contributed by atoms with Gasteiger partial charge in [-0.3, -0.25) is 0 Å². The molecule has 0 radical (unpaired) electrons. The molecule has 0 fully saturated rings. The average molecular weight is 314 g/mol. The summed E-state index contributed by atoms with van der Waals surface area (Å²) in [6.45, 7) is 1.69. The predicted molar refractivity (Wildman–Crippen MR) is 84.3 cm³/mol. The van der Waals surface area contributed by atoms with Crippen molar-refractivity contribution in [3.8, 4) is 0 Å². The summed E-state index contributed by atoms with van der Waals surface area (Å²) < 4.78 is 8.88. The van der Waals surface area contributed by atoms with Crippen LogP contribution in [0.4, 0.5) is 5.13 Å². The summed E-state index contributed by atoms with van der Waals surface area (Å²) in [6, 6.07) is 5.63. The molecule has 0 atom stereocenters. The lowest BCUT2D eigenvalue weighted by Crippen LogP contribution is -2.29. The minimum atomic E-state index is -0.311. The molecule has 22 heavy (non-hydrogen) atoms. The fourth-order valence-corrected chi connectivity index (χ4v) is 3.48. The Morgan fingerprint density at radius 1 is 1.45 bits per heavy atom. The first-order chi connectivity index (χ1) is 10.8. The van der Waals surface area contributed by atoms with Gasteiger partial charge in [-0.15, -0.1) is 0 Å². The van der Waals surface area contributed by atoms with E-state index in [2.05, 4.69) is 19.2 Å². The van der Waals surface area contributed by atoms with Crippen LogP contribution in [0.5, 0.6) is 0 Å². The Kier molecular flexibility index (Phi) is 3.07. The molecule has 0 bridgehead atoms. The molecule has 0 amide bonds. The molecule has 0 unspecified atom stereocenters. The summed E-state index contributed by atoms with van der Waals surface area (Å²) in [5.41, 5.74) is 4.08. The van der Waals surface area contributed by atoms with E-state index >= 15 is 0 Å². The maximum atomic E-state index is 11.7. The number of hydrogen-bond acceptors (Lipinski definition) is 6. The standard InChI is InChI=1S/C15H14N4O2S/c1-21-14(20)9-2-3-12-10(6-9)11-7-19(5-4-13(11)18-12)15-16-8-17-22-15/h2-3,6,8,18H,4-5,7H2,1H3. The Balaban J connectivity index is 1.77. The van der Waals surface area contributed by atoms with Crippen molar-refractivity contribution in [1.82, 2.24) is 14.3 Å². The van der Waals surface area contributed by atoms with E-state index in [-0.39, 0.29) is 5.97 Å². The Bertz CT molecular complexity index is 841. The highest BCUT2D eigenvalue weighted by Crippen LogP contribution is 2.31. The molecule has 0 saturated carbocycles. The Labute approximate surface area is 130 Å². The molecule has 112 valence electrons. The molecule has 1 aromatic carbocycles. The van der Waals surface area contributed by atoms with Crippen LogP contribution in [0, 0.1) is 0 Å². The molecule has 0 spiro atoms. The van der Waals surface area contributed by atoms with E-state index in [9.17, 15) is 4.79 Å². The third kappa shape index (κ3) is 2.05. The smallest absolute Gasteiger partial charge is 0.337 e. The number of anilines is 1. The van der Waals surface area contributed by atoms with Crippen LogP contribution >= 0.6 is 11.5 Å². The first kappa shape index (κ1) is 13.3. The fourth-order valence-electron chi connectivity index (χ4n) is 2.93. The lowest BCUT2D eigenvalue weighted by molar-refractivity contribution is 0.0601. The minimum absolute atomic E-state index is 0.311. The minimum Gasteiger partial charge on any atom is -0.465 e. The summed E-state index contributed by atoms with van der Waals surface area (Å²) in [5.74, 6) is -0.311. The molecular formula is C15H14N4O2S. The molecular weight excluding hydrogens is 300 g/mol. The molecule has 0 aliphatic carbocycles. The van der Waals surface area contributed by atoms with Crippen LogP contribution in [0.25, 0.3) is 10.9 Å². The number of aromatic nitrogens is 3. The number of nitrogens with zero attached hydrogens (tertiary/aromatic N) is 3. The first-order valence-electron chi connectivity index (χ1n) is 6.99. The van der Waals surface area contributed by atoms with Crippen LogP contribution in [0.1, 0.15) is 21.6 Å². The normalized spacial score (nSPS) is 14.1. The SMILES string of the molecule is COC(=O)c1ccc2[nH]c3c(c2c1)CN(c1ncns1)CC3. The van der Waals surface area contributed by atoms with Gasteiger partial charge in [-0.2, -0.15) is 4.37 Å². The zero-order valence-corrected chi connectivity index (χ0v) is 12.8. The van der Waals surface area contributed by atoms with Gasteiger partial charge in [0, 0.05) is 53.2 Å². The summed E-state index contributed by atoms with van der Waals surface area (Å²) >= 11 is 1.40. The molecule has 3 heterocycles. The number of hydrogen-bond donors (Lipinski definition) is 1. The Hall–Kier alpha value is -2.41. The number of esters is 1. The van der Waals surface area contributed by atoms with Crippen molar-refractivity contribution in [3.63, 3.8) is 0 Å². The Morgan fingerprint density at radius 2 is 2.36 bits per heavy atom. The molecule has 4 rings (SSSR count). The lowest BCUT2D eigenvalue weighted by Gasteiger charge is -2.26. The van der Waals surface area contributed by atoms with E-state index in [1.165, 1.54) is 29.9 Å². The summed E-state index contributed by atoms with van der Waals surface area (Å²) in [7, 11) is 1.40. The zero-order valence-electron chi connectivity index (χ0n) is 12.0. The highest BCUT2D eigenvalue weighted by Gasteiger charge is 2.23. The number of aromatic amines is 1. The molecule has 6 nitrogen and oxygen atoms in total. The number of nitrogens with one attached hydrogen (secondary N) is 1. The van der Waals surface area contributed by atoms with Gasteiger partial charge in [-0.1, -0.05) is 0 Å². The quantitative estimate of drug-likeness (QED) is 0.735. The van der Waals surface area contributed by atoms with Gasteiger partial charge in [0.2, 0.25) is 5.13 Å². The third-order valence-electron chi connectivity index (χ3n) is 4.02. The molecule has 0 saturated heterocycles. The van der Waals surface area contributed by atoms with Crippen LogP contribution in [0.3, 0.4) is 0 Å². The van der Waals surface area contributed by atoms with Crippen LogP contribution in [0.2, 0.25) is 0 Å². The molecule has 7 heteroatoms. The number of benzene rings is 1. The van der Waals surface area contributed by atoms with Gasteiger partial charge in [0.15, 0.2) is 0 Å². The van der Waals surface area contributed by atoms with E-state index in [1.807, 2.05) is 12.1 Å². The van der Waals surface area contributed by atoms with Gasteiger partial charge in [-0.05, 0) is 18.2 Å². The second-order valence-electron chi connectivity index (χ2n) is 5.23. The number of carbonyl (C=O) groups excluding carboxylic acids is 1. The molecule has 2 aromatic heterocycles. The van der Waals surface area contributed by atoms with E-state index in [0.717, 1.165) is 35.5 Å². The second-order valence-corrected chi connectivity index (χ2v) is 5.99. The number of rotatable bonds is 2. The van der Waals surface area contributed by atoms with E-state index in [4.69, 9.17) is 4.74 Å². The van der Waals surface area contributed by atoms with Crippen LogP contribution < -0.4 is 4.90 Å². The van der Waals surface area contributed by atoms with Crippen molar-refractivity contribution < 1.29 is 9.53 Å².